The molecule has 2 heterocycles. The number of nitrogens with zero attached hydrogens (tertiary/aromatic N) is 6. The van der Waals surface area contributed by atoms with Gasteiger partial charge in [-0.25, -0.2) is 0 Å². The maximum absolute atomic E-state index is 12.1. The maximum Gasteiger partial charge on any atom is 0.302 e. The van der Waals surface area contributed by atoms with E-state index in [4.69, 9.17) is 82.8 Å². The van der Waals surface area contributed by atoms with E-state index in [-0.39, 0.29) is 33.0 Å². The largest absolute Gasteiger partial charge is 0.463 e. The van der Waals surface area contributed by atoms with Crippen molar-refractivity contribution in [3.63, 3.8) is 0 Å². The van der Waals surface area contributed by atoms with E-state index in [9.17, 15) is 15.9 Å². The first kappa shape index (κ1) is 46.6. The summed E-state index contributed by atoms with van der Waals surface area (Å²) in [6.07, 6.45) is -8.30. The van der Waals surface area contributed by atoms with Crippen molar-refractivity contribution in [2.75, 3.05) is 19.8 Å². The van der Waals surface area contributed by atoms with Crippen LogP contribution in [-0.4, -0.2) is 96.8 Å². The lowest BCUT2D eigenvalue weighted by molar-refractivity contribution is -0.330. The van der Waals surface area contributed by atoms with Gasteiger partial charge in [-0.1, -0.05) is 142 Å². The van der Waals surface area contributed by atoms with E-state index in [1.54, 1.807) is 6.08 Å². The highest BCUT2D eigenvalue weighted by atomic mass is 35.6. The molecule has 20 heteroatoms. The Hall–Kier alpha value is -4.45. The van der Waals surface area contributed by atoms with Gasteiger partial charge in [-0.05, 0) is 27.8 Å². The first-order valence-corrected chi connectivity index (χ1v) is 19.8. The van der Waals surface area contributed by atoms with Crippen molar-refractivity contribution in [3.8, 4) is 0 Å². The molecule has 2 aliphatic rings. The second-order valence-corrected chi connectivity index (χ2v) is 15.7. The van der Waals surface area contributed by atoms with Crippen molar-refractivity contribution in [2.24, 2.45) is 10.2 Å². The van der Waals surface area contributed by atoms with E-state index in [1.165, 1.54) is 6.92 Å². The molecule has 0 aliphatic carbocycles. The Labute approximate surface area is 361 Å². The molecule has 0 aromatic heterocycles. The summed E-state index contributed by atoms with van der Waals surface area (Å²) in [6, 6.07) is 25.1. The van der Waals surface area contributed by atoms with Gasteiger partial charge in [0.05, 0.1) is 33.0 Å². The molecule has 0 spiro atoms. The third-order valence-corrected chi connectivity index (χ3v) is 9.72. The van der Waals surface area contributed by atoms with Gasteiger partial charge < -0.3 is 42.6 Å². The van der Waals surface area contributed by atoms with E-state index in [2.05, 4.69) is 26.6 Å². The average molecular weight is 889 g/mol. The van der Waals surface area contributed by atoms with Gasteiger partial charge in [-0.2, -0.15) is 0 Å². The van der Waals surface area contributed by atoms with Crippen LogP contribution in [0.5, 0.6) is 0 Å². The van der Waals surface area contributed by atoms with Crippen LogP contribution in [0.1, 0.15) is 23.6 Å². The number of ether oxygens (including phenoxy) is 9. The molecule has 2 aliphatic heterocycles. The fourth-order valence-electron chi connectivity index (χ4n) is 6.48. The van der Waals surface area contributed by atoms with Crippen LogP contribution in [0.4, 0.5) is 0 Å². The summed E-state index contributed by atoms with van der Waals surface area (Å²) in [6.45, 7) is 4.82. The van der Waals surface area contributed by atoms with Crippen molar-refractivity contribution in [1.82, 2.24) is 0 Å². The van der Waals surface area contributed by atoms with E-state index in [0.29, 0.717) is 0 Å². The van der Waals surface area contributed by atoms with Gasteiger partial charge in [0.2, 0.25) is 12.2 Å². The molecule has 60 heavy (non-hydrogen) atoms. The zero-order chi connectivity index (χ0) is 42.9. The molecule has 0 amide bonds. The first-order valence-electron chi connectivity index (χ1n) is 18.7. The molecule has 2 fully saturated rings. The average Bonchev–Trinajstić information content (AvgIpc) is 3.24. The summed E-state index contributed by atoms with van der Waals surface area (Å²) < 4.78 is 53.7. The number of esters is 1. The van der Waals surface area contributed by atoms with Gasteiger partial charge in [-0.3, -0.25) is 10.2 Å². The van der Waals surface area contributed by atoms with Crippen LogP contribution in [0.15, 0.2) is 114 Å². The summed E-state index contributed by atoms with van der Waals surface area (Å²) in [5.74, 6) is -1.53. The van der Waals surface area contributed by atoms with E-state index in [0.717, 1.165) is 16.7 Å². The molecule has 5 rings (SSSR count). The fraction of sp³-hybridized carbons (Fsp3) is 0.450. The quantitative estimate of drug-likeness (QED) is 0.0132. The SMILES string of the molecule is C=CCOC[C@H]1O[C@H](O[C@@H]2[C@@H](N=[N+]=[N-])[C@@H](OC(=N)C(Cl)(Cl)Cl)O[C@H](COC(C)=O)[C@H]2OCc2ccccc2)[C@H](N=[N+]=[N-])[C@@H](OCc2ccccc2)[C@@H]1OCc1ccccc1. The number of hydrogen-bond donors (Lipinski definition) is 1. The number of rotatable bonds is 20. The second kappa shape index (κ2) is 23.5. The summed E-state index contributed by atoms with van der Waals surface area (Å²) in [7, 11) is 0. The predicted octanol–water partition coefficient (Wildman–Crippen LogP) is 8.07. The van der Waals surface area contributed by atoms with E-state index in [1.807, 2.05) is 91.0 Å². The van der Waals surface area contributed by atoms with Crippen molar-refractivity contribution in [2.45, 2.75) is 91.8 Å². The van der Waals surface area contributed by atoms with E-state index >= 15 is 0 Å². The number of hydrogen-bond acceptors (Lipinski definition) is 13. The third kappa shape index (κ3) is 13.5. The van der Waals surface area contributed by atoms with Crippen LogP contribution in [0.3, 0.4) is 0 Å². The van der Waals surface area contributed by atoms with Crippen LogP contribution in [0.25, 0.3) is 20.9 Å². The molecule has 0 bridgehead atoms. The lowest BCUT2D eigenvalue weighted by Crippen LogP contribution is -2.65. The van der Waals surface area contributed by atoms with Crippen LogP contribution in [0, 0.1) is 5.41 Å². The zero-order valence-corrected chi connectivity index (χ0v) is 34.6. The van der Waals surface area contributed by atoms with Gasteiger partial charge in [0.1, 0.15) is 55.3 Å². The Balaban J connectivity index is 1.59. The Morgan fingerprint density at radius 1 is 0.750 bits per heavy atom. The Morgan fingerprint density at radius 2 is 1.20 bits per heavy atom. The van der Waals surface area contributed by atoms with Crippen LogP contribution in [0.2, 0.25) is 0 Å². The molecular formula is C40H44Cl3N7O10. The molecular weight excluding hydrogens is 845 g/mol. The van der Waals surface area contributed by atoms with Crippen LogP contribution < -0.4 is 0 Å². The van der Waals surface area contributed by atoms with Gasteiger partial charge in [0, 0.05) is 16.7 Å². The number of halogens is 3. The number of benzene rings is 3. The maximum atomic E-state index is 12.1. The summed E-state index contributed by atoms with van der Waals surface area (Å²) in [5.41, 5.74) is 22.3. The zero-order valence-electron chi connectivity index (χ0n) is 32.4. The summed E-state index contributed by atoms with van der Waals surface area (Å²) in [4.78, 5) is 18.3. The molecule has 320 valence electrons. The minimum Gasteiger partial charge on any atom is -0.463 e. The highest BCUT2D eigenvalue weighted by molar-refractivity contribution is 6.76. The van der Waals surface area contributed by atoms with Crippen molar-refractivity contribution >= 4 is 46.7 Å². The lowest BCUT2D eigenvalue weighted by atomic mass is 9.94. The molecule has 3 aromatic rings. The number of alkyl halides is 3. The minimum absolute atomic E-state index is 0.0225. The first-order chi connectivity index (χ1) is 29.0. The molecule has 1 N–H and O–H groups in total. The highest BCUT2D eigenvalue weighted by Crippen LogP contribution is 2.38. The number of carbonyl (C=O) groups excluding carboxylic acids is 1. The standard InChI is InChI=1S/C40H44Cl3N7O10/c1-3-19-52-23-29-33(54-20-26-13-7-4-8-14-26)35(56-22-28-17-11-6-12-18-28)31(47-49-45)37(57-29)59-36-32(48-50-46)38(60-39(44)40(41,42)43)58-30(24-53-25(2)51)34(36)55-21-27-15-9-5-10-16-27/h3-18,29-38,44H,1,19-24H2,2H3/t29-,30-,31-,32-,33-,34-,35-,36-,37-,38-/m1/s1. The van der Waals surface area contributed by atoms with Crippen LogP contribution in [-0.2, 0) is 67.2 Å². The molecule has 0 unspecified atom stereocenters. The monoisotopic (exact) mass is 887 g/mol. The molecule has 3 aromatic carbocycles. The van der Waals surface area contributed by atoms with Gasteiger partial charge in [0.15, 0.2) is 6.29 Å². The van der Waals surface area contributed by atoms with Crippen molar-refractivity contribution < 1.29 is 47.4 Å². The summed E-state index contributed by atoms with van der Waals surface area (Å²) >= 11 is 17.9. The Kier molecular flexibility index (Phi) is 18.3. The van der Waals surface area contributed by atoms with Crippen molar-refractivity contribution in [3.05, 3.63) is 141 Å². The fourth-order valence-corrected chi connectivity index (χ4v) is 6.61. The molecule has 10 atom stereocenters. The molecule has 0 radical (unpaired) electrons. The number of azide groups is 2. The van der Waals surface area contributed by atoms with Gasteiger partial charge in [-0.15, -0.1) is 6.58 Å². The van der Waals surface area contributed by atoms with Gasteiger partial charge >= 0.3 is 5.97 Å². The lowest BCUT2D eigenvalue weighted by Gasteiger charge is -2.49. The highest BCUT2D eigenvalue weighted by Gasteiger charge is 2.54. The summed E-state index contributed by atoms with van der Waals surface area (Å²) in [5, 5.41) is 16.4. The van der Waals surface area contributed by atoms with Gasteiger partial charge in [0.25, 0.3) is 3.79 Å². The normalized spacial score (nSPS) is 26.5. The number of carbonyl (C=O) groups is 1. The minimum atomic E-state index is -2.36. The topological polar surface area (TPSA) is 222 Å². The molecule has 2 saturated heterocycles. The van der Waals surface area contributed by atoms with E-state index < -0.39 is 83.6 Å². The Bertz CT molecular complexity index is 1920. The predicted molar refractivity (Wildman–Crippen MR) is 220 cm³/mol. The van der Waals surface area contributed by atoms with Crippen LogP contribution >= 0.6 is 34.8 Å². The molecule has 17 nitrogen and oxygen atoms in total. The van der Waals surface area contributed by atoms with Crippen molar-refractivity contribution in [1.29, 1.82) is 5.41 Å². The number of nitrogens with one attached hydrogen (secondary N) is 1. The molecule has 0 saturated carbocycles. The smallest absolute Gasteiger partial charge is 0.302 e. The third-order valence-electron chi connectivity index (χ3n) is 9.21. The Morgan fingerprint density at radius 3 is 1.67 bits per heavy atom. The second-order valence-electron chi connectivity index (χ2n) is 13.4.